The van der Waals surface area contributed by atoms with E-state index in [1.54, 1.807) is 48.4 Å². The van der Waals surface area contributed by atoms with Gasteiger partial charge in [-0.1, -0.05) is 6.07 Å². The van der Waals surface area contributed by atoms with Crippen LogP contribution in [0.15, 0.2) is 24.3 Å². The maximum absolute atomic E-state index is 13.3. The number of halogens is 3. The zero-order valence-corrected chi connectivity index (χ0v) is 21.2. The molecule has 4 rings (SSSR count). The molecule has 0 aromatic heterocycles. The van der Waals surface area contributed by atoms with Gasteiger partial charge in [-0.2, -0.15) is 13.2 Å². The van der Waals surface area contributed by atoms with Crippen LogP contribution in [0.5, 0.6) is 0 Å². The van der Waals surface area contributed by atoms with Gasteiger partial charge in [-0.15, -0.1) is 11.8 Å². The average Bonchev–Trinajstić information content (AvgIpc) is 3.48. The van der Waals surface area contributed by atoms with Gasteiger partial charge in [-0.05, 0) is 45.4 Å². The van der Waals surface area contributed by atoms with Crippen molar-refractivity contribution in [3.8, 4) is 0 Å². The number of ether oxygens (including phenoxy) is 1. The third-order valence-corrected chi connectivity index (χ3v) is 7.59. The smallest absolute Gasteiger partial charge is 0.416 e. The van der Waals surface area contributed by atoms with Crippen molar-refractivity contribution in [1.29, 1.82) is 0 Å². The van der Waals surface area contributed by atoms with Gasteiger partial charge in [0.15, 0.2) is 0 Å². The second-order valence-electron chi connectivity index (χ2n) is 10.2. The molecule has 11 heteroatoms. The summed E-state index contributed by atoms with van der Waals surface area (Å²) in [5.74, 6) is 1.50. The Kier molecular flexibility index (Phi) is 7.47. The first kappa shape index (κ1) is 25.9. The average molecular weight is 515 g/mol. The third kappa shape index (κ3) is 6.17. The highest BCUT2D eigenvalue weighted by Crippen LogP contribution is 2.33. The van der Waals surface area contributed by atoms with Crippen molar-refractivity contribution in [2.45, 2.75) is 51.1 Å². The molecule has 3 fully saturated rings. The van der Waals surface area contributed by atoms with E-state index >= 15 is 0 Å². The zero-order valence-electron chi connectivity index (χ0n) is 20.4. The van der Waals surface area contributed by atoms with Gasteiger partial charge < -0.3 is 14.5 Å². The molecule has 3 aliphatic heterocycles. The van der Waals surface area contributed by atoms with E-state index in [1.807, 2.05) is 4.90 Å². The summed E-state index contributed by atoms with van der Waals surface area (Å²) in [4.78, 5) is 33.8. The summed E-state index contributed by atoms with van der Waals surface area (Å²) in [6.07, 6.45) is -4.32. The number of hydrogen-bond acceptors (Lipinski definition) is 6. The molecule has 0 radical (unpaired) electrons. The van der Waals surface area contributed by atoms with Crippen LogP contribution in [-0.4, -0.2) is 95.3 Å². The fourth-order valence-electron chi connectivity index (χ4n) is 4.86. The molecule has 0 aliphatic carbocycles. The summed E-state index contributed by atoms with van der Waals surface area (Å²) in [7, 11) is 0. The Balaban J connectivity index is 1.42. The molecule has 0 unspecified atom stereocenters. The first-order valence-corrected chi connectivity index (χ1v) is 13.1. The number of rotatable bonds is 3. The molecule has 1 aromatic carbocycles. The molecule has 0 bridgehead atoms. The van der Waals surface area contributed by atoms with E-state index in [-0.39, 0.29) is 11.9 Å². The van der Waals surface area contributed by atoms with Crippen LogP contribution in [0.1, 0.15) is 32.8 Å². The van der Waals surface area contributed by atoms with E-state index < -0.39 is 29.5 Å². The Morgan fingerprint density at radius 2 is 1.77 bits per heavy atom. The molecule has 3 saturated heterocycles. The summed E-state index contributed by atoms with van der Waals surface area (Å²) < 4.78 is 45.0. The number of thioether (sulfide) groups is 1. The number of anilines is 1. The molecular formula is C24H33F3N4O3S. The van der Waals surface area contributed by atoms with Gasteiger partial charge >= 0.3 is 12.3 Å². The lowest BCUT2D eigenvalue weighted by molar-refractivity contribution is -0.137. The summed E-state index contributed by atoms with van der Waals surface area (Å²) in [5, 5.41) is 0. The summed E-state index contributed by atoms with van der Waals surface area (Å²) in [6.45, 7) is 8.93. The van der Waals surface area contributed by atoms with E-state index in [0.717, 1.165) is 11.8 Å². The van der Waals surface area contributed by atoms with E-state index in [1.165, 1.54) is 12.1 Å². The minimum absolute atomic E-state index is 0.00427. The molecular weight excluding hydrogens is 481 g/mol. The number of benzene rings is 1. The Morgan fingerprint density at radius 3 is 2.37 bits per heavy atom. The molecule has 0 spiro atoms. The highest BCUT2D eigenvalue weighted by molar-refractivity contribution is 7.99. The lowest BCUT2D eigenvalue weighted by atomic mass is 10.1. The van der Waals surface area contributed by atoms with Crippen LogP contribution in [0.4, 0.5) is 23.7 Å². The standard InChI is InChI=1S/C24H33F3N4O3S/c1-23(2,3)34-22(33)31-15-19(14-20(31)21(32)30-11-12-35-16-30)29-9-7-28(8-10-29)18-6-4-5-17(13-18)24(25,26)27/h4-6,13,19-20H,7-12,14-16H2,1-3H3/t19-,20-/m0/s1. The summed E-state index contributed by atoms with van der Waals surface area (Å²) in [6, 6.07) is 4.85. The number of carbonyl (C=O) groups is 2. The van der Waals surface area contributed by atoms with Gasteiger partial charge in [0.1, 0.15) is 11.6 Å². The number of amides is 2. The molecule has 7 nitrogen and oxygen atoms in total. The van der Waals surface area contributed by atoms with Crippen LogP contribution in [0.2, 0.25) is 0 Å². The van der Waals surface area contributed by atoms with E-state index in [4.69, 9.17) is 4.74 Å². The lowest BCUT2D eigenvalue weighted by Crippen LogP contribution is -2.51. The van der Waals surface area contributed by atoms with Gasteiger partial charge in [-0.25, -0.2) is 4.79 Å². The van der Waals surface area contributed by atoms with Gasteiger partial charge in [0, 0.05) is 56.8 Å². The van der Waals surface area contributed by atoms with Crippen LogP contribution in [0.25, 0.3) is 0 Å². The van der Waals surface area contributed by atoms with Crippen LogP contribution >= 0.6 is 11.8 Å². The molecule has 0 N–H and O–H groups in total. The van der Waals surface area contributed by atoms with Crippen LogP contribution in [0.3, 0.4) is 0 Å². The quantitative estimate of drug-likeness (QED) is 0.613. The number of piperazine rings is 1. The van der Waals surface area contributed by atoms with Gasteiger partial charge in [0.25, 0.3) is 0 Å². The molecule has 3 heterocycles. The van der Waals surface area contributed by atoms with Crippen molar-refractivity contribution in [2.75, 3.05) is 55.8 Å². The minimum atomic E-state index is -4.37. The van der Waals surface area contributed by atoms with Crippen LogP contribution in [0, 0.1) is 0 Å². The highest BCUT2D eigenvalue weighted by atomic mass is 32.2. The van der Waals surface area contributed by atoms with Crippen molar-refractivity contribution < 1.29 is 27.5 Å². The Bertz CT molecular complexity index is 925. The second kappa shape index (κ2) is 10.1. The molecule has 2 atom stereocenters. The maximum Gasteiger partial charge on any atom is 0.416 e. The summed E-state index contributed by atoms with van der Waals surface area (Å²) >= 11 is 1.70. The SMILES string of the molecule is CC(C)(C)OC(=O)N1C[C@@H](N2CCN(c3cccc(C(F)(F)F)c3)CC2)C[C@H]1C(=O)N1CCSC1. The molecule has 35 heavy (non-hydrogen) atoms. The fraction of sp³-hybridized carbons (Fsp3) is 0.667. The van der Waals surface area contributed by atoms with Crippen molar-refractivity contribution in [3.05, 3.63) is 29.8 Å². The fourth-order valence-corrected chi connectivity index (χ4v) is 5.81. The van der Waals surface area contributed by atoms with Gasteiger partial charge in [-0.3, -0.25) is 14.6 Å². The highest BCUT2D eigenvalue weighted by Gasteiger charge is 2.45. The van der Waals surface area contributed by atoms with Crippen LogP contribution < -0.4 is 4.90 Å². The largest absolute Gasteiger partial charge is 0.444 e. The first-order valence-electron chi connectivity index (χ1n) is 11.9. The van der Waals surface area contributed by atoms with Crippen molar-refractivity contribution in [2.24, 2.45) is 0 Å². The molecule has 0 saturated carbocycles. The second-order valence-corrected chi connectivity index (χ2v) is 11.3. The Labute approximate surface area is 208 Å². The number of nitrogens with zero attached hydrogens (tertiary/aromatic N) is 4. The predicted octanol–water partition coefficient (Wildman–Crippen LogP) is 3.74. The van der Waals surface area contributed by atoms with Crippen LogP contribution in [-0.2, 0) is 15.7 Å². The number of likely N-dealkylation sites (tertiary alicyclic amines) is 1. The van der Waals surface area contributed by atoms with E-state index in [9.17, 15) is 22.8 Å². The topological polar surface area (TPSA) is 56.3 Å². The predicted molar refractivity (Wildman–Crippen MR) is 129 cm³/mol. The van der Waals surface area contributed by atoms with Crippen molar-refractivity contribution >= 4 is 29.4 Å². The first-order chi connectivity index (χ1) is 16.4. The molecule has 2 amide bonds. The molecule has 194 valence electrons. The van der Waals surface area contributed by atoms with Gasteiger partial charge in [0.2, 0.25) is 5.91 Å². The Hall–Kier alpha value is -2.14. The normalized spacial score (nSPS) is 24.2. The lowest BCUT2D eigenvalue weighted by Gasteiger charge is -2.39. The monoisotopic (exact) mass is 514 g/mol. The van der Waals surface area contributed by atoms with Crippen molar-refractivity contribution in [3.63, 3.8) is 0 Å². The molecule has 1 aromatic rings. The number of carbonyl (C=O) groups excluding carboxylic acids is 2. The van der Waals surface area contributed by atoms with E-state index in [2.05, 4.69) is 4.90 Å². The third-order valence-electron chi connectivity index (χ3n) is 6.63. The molecule has 3 aliphatic rings. The maximum atomic E-state index is 13.3. The van der Waals surface area contributed by atoms with Crippen molar-refractivity contribution in [1.82, 2.24) is 14.7 Å². The zero-order chi connectivity index (χ0) is 25.4. The summed E-state index contributed by atoms with van der Waals surface area (Å²) in [5.41, 5.74) is -0.758. The Morgan fingerprint density at radius 1 is 1.06 bits per heavy atom. The minimum Gasteiger partial charge on any atom is -0.444 e. The number of alkyl halides is 3. The van der Waals surface area contributed by atoms with Gasteiger partial charge in [0.05, 0.1) is 11.4 Å². The number of hydrogen-bond donors (Lipinski definition) is 0. The van der Waals surface area contributed by atoms with E-state index in [0.29, 0.717) is 57.3 Å².